The zero-order valence-corrected chi connectivity index (χ0v) is 12.0. The van der Waals surface area contributed by atoms with E-state index in [0.717, 1.165) is 12.8 Å². The van der Waals surface area contributed by atoms with Crippen LogP contribution in [0.15, 0.2) is 0 Å². The van der Waals surface area contributed by atoms with Gasteiger partial charge in [0.1, 0.15) is 19.3 Å². The lowest BCUT2D eigenvalue weighted by atomic mass is 10.1. The highest BCUT2D eigenvalue weighted by Gasteiger charge is 2.26. The van der Waals surface area contributed by atoms with Gasteiger partial charge in [0.05, 0.1) is 6.04 Å². The summed E-state index contributed by atoms with van der Waals surface area (Å²) < 4.78 is 9.73. The van der Waals surface area contributed by atoms with Crippen LogP contribution in [-0.4, -0.2) is 49.7 Å². The van der Waals surface area contributed by atoms with Crippen molar-refractivity contribution in [2.45, 2.75) is 44.2 Å². The Balaban J connectivity index is 2.49. The number of amides is 1. The minimum atomic E-state index is -0.872. The maximum Gasteiger partial charge on any atom is 0.328 e. The predicted octanol–water partition coefficient (Wildman–Crippen LogP) is -1.19. The Bertz CT molecular complexity index is 375. The summed E-state index contributed by atoms with van der Waals surface area (Å²) in [6, 6.07) is -1.58. The molecule has 0 unspecified atom stereocenters. The lowest BCUT2D eigenvalue weighted by molar-refractivity contribution is -0.151. The van der Waals surface area contributed by atoms with Crippen molar-refractivity contribution in [1.82, 2.24) is 5.32 Å². The topological polar surface area (TPSA) is 134 Å². The van der Waals surface area contributed by atoms with Crippen LogP contribution in [0.2, 0.25) is 0 Å². The van der Waals surface area contributed by atoms with Gasteiger partial charge >= 0.3 is 11.9 Å². The highest BCUT2D eigenvalue weighted by atomic mass is 16.6. The maximum atomic E-state index is 11.9. The Labute approximate surface area is 123 Å². The molecule has 0 saturated carbocycles. The average molecular weight is 301 g/mol. The molecular formula is C13H23N3O5. The molecular weight excluding hydrogens is 278 g/mol. The van der Waals surface area contributed by atoms with Gasteiger partial charge in [0, 0.05) is 6.42 Å². The fourth-order valence-corrected chi connectivity index (χ4v) is 1.90. The first-order chi connectivity index (χ1) is 10.0. The van der Waals surface area contributed by atoms with Gasteiger partial charge in [0.2, 0.25) is 5.91 Å². The largest absolute Gasteiger partial charge is 0.462 e. The summed E-state index contributed by atoms with van der Waals surface area (Å²) in [7, 11) is 0. The fourth-order valence-electron chi connectivity index (χ4n) is 1.90. The molecule has 1 aliphatic rings. The first-order valence-electron chi connectivity index (χ1n) is 7.13. The second-order valence-electron chi connectivity index (χ2n) is 4.88. The SMILES string of the molecule is NCCCC[C@H](N)C(=O)N[C@H]1CCC(=O)OCCOC1=O. The Morgan fingerprint density at radius 3 is 2.71 bits per heavy atom. The van der Waals surface area contributed by atoms with Crippen LogP contribution in [0, 0.1) is 0 Å². The number of nitrogens with two attached hydrogens (primary N) is 2. The summed E-state index contributed by atoms with van der Waals surface area (Å²) in [4.78, 5) is 35.0. The molecule has 1 saturated heterocycles. The second kappa shape index (κ2) is 9.30. The summed E-state index contributed by atoms with van der Waals surface area (Å²) in [5, 5.41) is 2.53. The highest BCUT2D eigenvalue weighted by molar-refractivity contribution is 5.87. The van der Waals surface area contributed by atoms with Crippen LogP contribution in [-0.2, 0) is 23.9 Å². The van der Waals surface area contributed by atoms with E-state index in [4.69, 9.17) is 20.9 Å². The molecule has 0 spiro atoms. The quantitative estimate of drug-likeness (QED) is 0.414. The van der Waals surface area contributed by atoms with Gasteiger partial charge in [-0.05, 0) is 25.8 Å². The van der Waals surface area contributed by atoms with E-state index in [2.05, 4.69) is 5.32 Å². The molecule has 0 bridgehead atoms. The number of hydrogen-bond acceptors (Lipinski definition) is 7. The number of rotatable bonds is 6. The molecule has 0 aliphatic carbocycles. The summed E-state index contributed by atoms with van der Waals surface area (Å²) in [5.74, 6) is -1.42. The van der Waals surface area contributed by atoms with Gasteiger partial charge < -0.3 is 26.3 Å². The summed E-state index contributed by atoms with van der Waals surface area (Å²) in [6.07, 6.45) is 2.21. The molecule has 1 heterocycles. The van der Waals surface area contributed by atoms with E-state index in [-0.39, 0.29) is 26.1 Å². The molecule has 0 aromatic heterocycles. The molecule has 8 heteroatoms. The Hall–Kier alpha value is -1.67. The number of carbonyl (C=O) groups excluding carboxylic acids is 3. The molecule has 1 aliphatic heterocycles. The van der Waals surface area contributed by atoms with Crippen LogP contribution < -0.4 is 16.8 Å². The number of nitrogens with one attached hydrogen (secondary N) is 1. The lowest BCUT2D eigenvalue weighted by Crippen LogP contribution is -2.49. The monoisotopic (exact) mass is 301 g/mol. The third kappa shape index (κ3) is 6.54. The number of cyclic esters (lactones) is 2. The van der Waals surface area contributed by atoms with E-state index < -0.39 is 29.9 Å². The number of esters is 2. The predicted molar refractivity (Wildman–Crippen MR) is 74.0 cm³/mol. The van der Waals surface area contributed by atoms with Crippen molar-refractivity contribution in [2.75, 3.05) is 19.8 Å². The van der Waals surface area contributed by atoms with Gasteiger partial charge in [-0.15, -0.1) is 0 Å². The van der Waals surface area contributed by atoms with Crippen molar-refractivity contribution in [1.29, 1.82) is 0 Å². The molecule has 0 radical (unpaired) electrons. The zero-order chi connectivity index (χ0) is 15.7. The van der Waals surface area contributed by atoms with Crippen LogP contribution in [0.4, 0.5) is 0 Å². The van der Waals surface area contributed by atoms with Crippen molar-refractivity contribution in [3.8, 4) is 0 Å². The van der Waals surface area contributed by atoms with E-state index in [1.807, 2.05) is 0 Å². The van der Waals surface area contributed by atoms with E-state index in [1.165, 1.54) is 0 Å². The van der Waals surface area contributed by atoms with Gasteiger partial charge in [-0.1, -0.05) is 6.42 Å². The van der Waals surface area contributed by atoms with Crippen molar-refractivity contribution in [3.05, 3.63) is 0 Å². The van der Waals surface area contributed by atoms with Crippen molar-refractivity contribution in [3.63, 3.8) is 0 Å². The molecule has 0 aromatic carbocycles. The lowest BCUT2D eigenvalue weighted by Gasteiger charge is -2.18. The molecule has 0 aromatic rings. The Morgan fingerprint density at radius 1 is 1.29 bits per heavy atom. The number of carbonyl (C=O) groups is 3. The molecule has 2 atom stereocenters. The molecule has 5 N–H and O–H groups in total. The van der Waals surface area contributed by atoms with Crippen LogP contribution in [0.25, 0.3) is 0 Å². The third-order valence-electron chi connectivity index (χ3n) is 3.13. The molecule has 120 valence electrons. The normalized spacial score (nSPS) is 21.3. The third-order valence-corrected chi connectivity index (χ3v) is 3.13. The summed E-state index contributed by atoms with van der Waals surface area (Å²) in [5.41, 5.74) is 11.1. The minimum Gasteiger partial charge on any atom is -0.462 e. The second-order valence-corrected chi connectivity index (χ2v) is 4.88. The Morgan fingerprint density at radius 2 is 2.00 bits per heavy atom. The van der Waals surface area contributed by atoms with Crippen molar-refractivity contribution >= 4 is 17.8 Å². The molecule has 8 nitrogen and oxygen atoms in total. The number of hydrogen-bond donors (Lipinski definition) is 3. The van der Waals surface area contributed by atoms with E-state index >= 15 is 0 Å². The van der Waals surface area contributed by atoms with Gasteiger partial charge in [0.15, 0.2) is 0 Å². The molecule has 1 rings (SSSR count). The fraction of sp³-hybridized carbons (Fsp3) is 0.769. The highest BCUT2D eigenvalue weighted by Crippen LogP contribution is 2.06. The maximum absolute atomic E-state index is 11.9. The van der Waals surface area contributed by atoms with E-state index in [1.54, 1.807) is 0 Å². The van der Waals surface area contributed by atoms with Gasteiger partial charge in [0.25, 0.3) is 0 Å². The van der Waals surface area contributed by atoms with Crippen LogP contribution >= 0.6 is 0 Å². The average Bonchev–Trinajstić information content (AvgIpc) is 2.53. The standard InChI is InChI=1S/C13H23N3O5/c14-6-2-1-3-9(15)12(18)16-10-4-5-11(17)20-7-8-21-13(10)19/h9-10H,1-8,14-15H2,(H,16,18)/t9-,10-/m0/s1. The number of unbranched alkanes of at least 4 members (excludes halogenated alkanes) is 1. The van der Waals surface area contributed by atoms with E-state index in [9.17, 15) is 14.4 Å². The van der Waals surface area contributed by atoms with Crippen molar-refractivity contribution < 1.29 is 23.9 Å². The minimum absolute atomic E-state index is 0.0144. The first kappa shape index (κ1) is 17.4. The Kier molecular flexibility index (Phi) is 7.70. The smallest absolute Gasteiger partial charge is 0.328 e. The van der Waals surface area contributed by atoms with Gasteiger partial charge in [-0.2, -0.15) is 0 Å². The molecule has 21 heavy (non-hydrogen) atoms. The van der Waals surface area contributed by atoms with Crippen molar-refractivity contribution in [2.24, 2.45) is 11.5 Å². The van der Waals surface area contributed by atoms with Crippen LogP contribution in [0.5, 0.6) is 0 Å². The van der Waals surface area contributed by atoms with E-state index in [0.29, 0.717) is 13.0 Å². The summed E-state index contributed by atoms with van der Waals surface area (Å²) in [6.45, 7) is 0.564. The zero-order valence-electron chi connectivity index (χ0n) is 12.0. The first-order valence-corrected chi connectivity index (χ1v) is 7.13. The molecule has 1 fully saturated rings. The van der Waals surface area contributed by atoms with Crippen LogP contribution in [0.3, 0.4) is 0 Å². The van der Waals surface area contributed by atoms with Crippen LogP contribution in [0.1, 0.15) is 32.1 Å². The van der Waals surface area contributed by atoms with Gasteiger partial charge in [-0.25, -0.2) is 4.79 Å². The van der Waals surface area contributed by atoms with Gasteiger partial charge in [-0.3, -0.25) is 9.59 Å². The summed E-state index contributed by atoms with van der Waals surface area (Å²) >= 11 is 0. The number of ether oxygens (including phenoxy) is 2. The molecule has 1 amide bonds.